The van der Waals surface area contributed by atoms with Gasteiger partial charge in [-0.25, -0.2) is 0 Å². The molecule has 1 saturated heterocycles. The molecule has 4 N–H and O–H groups in total. The molecule has 34 heavy (non-hydrogen) atoms. The first-order valence-corrected chi connectivity index (χ1v) is 12.6. The van der Waals surface area contributed by atoms with Crippen LogP contribution in [-0.4, -0.2) is 55.6 Å². The molecular weight excluding hydrogens is 444 g/mol. The molecule has 1 aliphatic heterocycles. The van der Waals surface area contributed by atoms with Crippen molar-refractivity contribution < 1.29 is 9.53 Å². The molecule has 1 fully saturated rings. The van der Waals surface area contributed by atoms with Gasteiger partial charge in [-0.05, 0) is 42.2 Å². The third-order valence-corrected chi connectivity index (χ3v) is 6.72. The summed E-state index contributed by atoms with van der Waals surface area (Å²) in [5.41, 5.74) is 9.86. The molecule has 0 spiro atoms. The predicted octanol–water partition coefficient (Wildman–Crippen LogP) is 4.21. The summed E-state index contributed by atoms with van der Waals surface area (Å²) in [6.07, 6.45) is 2.00. The maximum atomic E-state index is 13.3. The number of hydrogen-bond acceptors (Lipinski definition) is 6. The van der Waals surface area contributed by atoms with Crippen LogP contribution in [0.3, 0.4) is 0 Å². The normalized spacial score (nSPS) is 15.0. The van der Waals surface area contributed by atoms with E-state index < -0.39 is 0 Å². The molecule has 3 aromatic carbocycles. The van der Waals surface area contributed by atoms with Gasteiger partial charge in [0.15, 0.2) is 0 Å². The van der Waals surface area contributed by atoms with Crippen LogP contribution >= 0.6 is 11.8 Å². The smallest absolute Gasteiger partial charge is 0.251 e. The average Bonchev–Trinajstić information content (AvgIpc) is 2.89. The number of nitrogens with one attached hydrogen (secondary N) is 2. The lowest BCUT2D eigenvalue weighted by Gasteiger charge is -2.31. The summed E-state index contributed by atoms with van der Waals surface area (Å²) in [6.45, 7) is 3.81. The molecule has 0 radical (unpaired) electrons. The second-order valence-corrected chi connectivity index (χ2v) is 9.14. The number of hydrogen-bond donors (Lipinski definition) is 3. The second kappa shape index (κ2) is 11.3. The minimum atomic E-state index is -0.186. The molecule has 1 atom stereocenters. The van der Waals surface area contributed by atoms with Crippen LogP contribution in [0.25, 0.3) is 0 Å². The maximum Gasteiger partial charge on any atom is 0.251 e. The van der Waals surface area contributed by atoms with Crippen molar-refractivity contribution in [3.8, 4) is 0 Å². The topological polar surface area (TPSA) is 91.4 Å². The van der Waals surface area contributed by atoms with Crippen LogP contribution < -0.4 is 11.1 Å². The van der Waals surface area contributed by atoms with Crippen LogP contribution in [0, 0.1) is 5.41 Å². The fourth-order valence-electron chi connectivity index (χ4n) is 4.05. The Kier molecular flexibility index (Phi) is 8.00. The number of nitrogens with two attached hydrogens (primary N) is 1. The highest BCUT2D eigenvalue weighted by Gasteiger charge is 2.21. The third-order valence-electron chi connectivity index (χ3n) is 5.99. The molecule has 4 rings (SSSR count). The molecule has 6 nitrogen and oxygen atoms in total. The van der Waals surface area contributed by atoms with Crippen LogP contribution in [0.5, 0.6) is 0 Å². The number of rotatable bonds is 8. The summed E-state index contributed by atoms with van der Waals surface area (Å²) in [5.74, 6) is -0.186. The Hall–Kier alpha value is -3.13. The quantitative estimate of drug-likeness (QED) is 0.258. The van der Waals surface area contributed by atoms with Gasteiger partial charge in [-0.2, -0.15) is 0 Å². The predicted molar refractivity (Wildman–Crippen MR) is 139 cm³/mol. The number of carbonyl (C=O) groups excluding carboxylic acids is 1. The van der Waals surface area contributed by atoms with Crippen molar-refractivity contribution in [1.82, 2.24) is 10.2 Å². The SMILES string of the molecule is CSc1cccc(C(=N)c2cc(C(=O)NC(CN3CCOCC3)c3ccccc3)ccc2N)c1. The van der Waals surface area contributed by atoms with Gasteiger partial charge in [-0.3, -0.25) is 15.1 Å². The van der Waals surface area contributed by atoms with Crippen molar-refractivity contribution in [3.63, 3.8) is 0 Å². The zero-order valence-corrected chi connectivity index (χ0v) is 20.1. The van der Waals surface area contributed by atoms with Gasteiger partial charge in [0, 0.05) is 46.9 Å². The monoisotopic (exact) mass is 474 g/mol. The van der Waals surface area contributed by atoms with Gasteiger partial charge in [0.2, 0.25) is 0 Å². The van der Waals surface area contributed by atoms with E-state index in [-0.39, 0.29) is 11.9 Å². The molecule has 176 valence electrons. The van der Waals surface area contributed by atoms with E-state index in [9.17, 15) is 4.79 Å². The van der Waals surface area contributed by atoms with Gasteiger partial charge in [-0.1, -0.05) is 42.5 Å². The zero-order valence-electron chi connectivity index (χ0n) is 19.3. The molecule has 1 amide bonds. The van der Waals surface area contributed by atoms with E-state index in [4.69, 9.17) is 15.9 Å². The molecule has 1 unspecified atom stereocenters. The van der Waals surface area contributed by atoms with Crippen LogP contribution in [-0.2, 0) is 4.74 Å². The number of nitrogens with zero attached hydrogens (tertiary/aromatic N) is 1. The highest BCUT2D eigenvalue weighted by molar-refractivity contribution is 7.98. The number of benzene rings is 3. The number of ether oxygens (including phenoxy) is 1. The van der Waals surface area contributed by atoms with Crippen LogP contribution in [0.15, 0.2) is 77.7 Å². The third kappa shape index (κ3) is 5.86. The molecule has 1 aliphatic rings. The molecule has 0 aromatic heterocycles. The van der Waals surface area contributed by atoms with E-state index >= 15 is 0 Å². The van der Waals surface area contributed by atoms with E-state index in [1.807, 2.05) is 60.9 Å². The molecule has 7 heteroatoms. The van der Waals surface area contributed by atoms with Gasteiger partial charge in [0.25, 0.3) is 5.91 Å². The van der Waals surface area contributed by atoms with Crippen molar-refractivity contribution in [3.05, 3.63) is 95.1 Å². The van der Waals surface area contributed by atoms with Crippen molar-refractivity contribution >= 4 is 29.1 Å². The Morgan fingerprint density at radius 1 is 1.06 bits per heavy atom. The van der Waals surface area contributed by atoms with Gasteiger partial charge in [0.1, 0.15) is 0 Å². The largest absolute Gasteiger partial charge is 0.398 e. The van der Waals surface area contributed by atoms with Crippen LogP contribution in [0.1, 0.15) is 33.1 Å². The molecule has 0 aliphatic carbocycles. The Morgan fingerprint density at radius 3 is 2.56 bits per heavy atom. The summed E-state index contributed by atoms with van der Waals surface area (Å²) in [5, 5.41) is 11.9. The lowest BCUT2D eigenvalue weighted by atomic mass is 9.98. The van der Waals surface area contributed by atoms with Crippen molar-refractivity contribution in [2.45, 2.75) is 10.9 Å². The van der Waals surface area contributed by atoms with Crippen LogP contribution in [0.4, 0.5) is 5.69 Å². The van der Waals surface area contributed by atoms with Gasteiger partial charge in [0.05, 0.1) is 25.0 Å². The number of carbonyl (C=O) groups is 1. The Morgan fingerprint density at radius 2 is 1.82 bits per heavy atom. The molecule has 3 aromatic rings. The van der Waals surface area contributed by atoms with Gasteiger partial charge >= 0.3 is 0 Å². The number of anilines is 1. The standard InChI is InChI=1S/C27H30N4O2S/c1-34-22-9-5-8-20(16-22)26(29)23-17-21(10-11-24(23)28)27(32)30-25(19-6-3-2-4-7-19)18-31-12-14-33-15-13-31/h2-11,16-17,25,29H,12-15,18,28H2,1H3,(H,30,32). The lowest BCUT2D eigenvalue weighted by molar-refractivity contribution is 0.0332. The number of thioether (sulfide) groups is 1. The summed E-state index contributed by atoms with van der Waals surface area (Å²) < 4.78 is 5.47. The average molecular weight is 475 g/mol. The molecule has 0 saturated carbocycles. The fourth-order valence-corrected chi connectivity index (χ4v) is 4.51. The first kappa shape index (κ1) is 24.0. The van der Waals surface area contributed by atoms with E-state index in [1.54, 1.807) is 30.0 Å². The minimum Gasteiger partial charge on any atom is -0.398 e. The van der Waals surface area contributed by atoms with E-state index in [2.05, 4.69) is 10.2 Å². The first-order chi connectivity index (χ1) is 16.5. The summed E-state index contributed by atoms with van der Waals surface area (Å²) in [4.78, 5) is 16.7. The minimum absolute atomic E-state index is 0.162. The van der Waals surface area contributed by atoms with E-state index in [1.165, 1.54) is 0 Å². The van der Waals surface area contributed by atoms with Gasteiger partial charge in [-0.15, -0.1) is 11.8 Å². The number of morpholine rings is 1. The summed E-state index contributed by atoms with van der Waals surface area (Å²) in [7, 11) is 0. The highest BCUT2D eigenvalue weighted by atomic mass is 32.2. The fraction of sp³-hybridized carbons (Fsp3) is 0.259. The van der Waals surface area contributed by atoms with Crippen molar-refractivity contribution in [1.29, 1.82) is 5.41 Å². The second-order valence-electron chi connectivity index (χ2n) is 8.26. The summed E-state index contributed by atoms with van der Waals surface area (Å²) in [6, 6.07) is 22.8. The number of nitrogen functional groups attached to an aromatic ring is 1. The Labute approximate surface area is 205 Å². The zero-order chi connectivity index (χ0) is 23.9. The molecule has 1 heterocycles. The van der Waals surface area contributed by atoms with E-state index in [0.29, 0.717) is 42.3 Å². The number of amides is 1. The van der Waals surface area contributed by atoms with Crippen molar-refractivity contribution in [2.24, 2.45) is 0 Å². The van der Waals surface area contributed by atoms with Gasteiger partial charge < -0.3 is 15.8 Å². The molecule has 0 bridgehead atoms. The van der Waals surface area contributed by atoms with Crippen molar-refractivity contribution in [2.75, 3.05) is 44.8 Å². The molecular formula is C27H30N4O2S. The maximum absolute atomic E-state index is 13.3. The van der Waals surface area contributed by atoms with Crippen LogP contribution in [0.2, 0.25) is 0 Å². The first-order valence-electron chi connectivity index (χ1n) is 11.3. The summed E-state index contributed by atoms with van der Waals surface area (Å²) >= 11 is 1.62. The Bertz CT molecular complexity index is 1150. The lowest BCUT2D eigenvalue weighted by Crippen LogP contribution is -2.43. The highest BCUT2D eigenvalue weighted by Crippen LogP contribution is 2.23. The van der Waals surface area contributed by atoms with E-state index in [0.717, 1.165) is 29.1 Å². The Balaban J connectivity index is 1.56.